The Hall–Kier alpha value is -2.57. The lowest BCUT2D eigenvalue weighted by atomic mass is 10.1. The second-order valence-electron chi connectivity index (χ2n) is 7.56. The van der Waals surface area contributed by atoms with Gasteiger partial charge < -0.3 is 15.0 Å². The number of likely N-dealkylation sites (tertiary alicyclic amines) is 1. The van der Waals surface area contributed by atoms with Crippen molar-refractivity contribution in [2.75, 3.05) is 6.54 Å². The van der Waals surface area contributed by atoms with E-state index in [2.05, 4.69) is 5.32 Å². The predicted octanol–water partition coefficient (Wildman–Crippen LogP) is 4.54. The van der Waals surface area contributed by atoms with Crippen molar-refractivity contribution in [2.24, 2.45) is 0 Å². The fourth-order valence-electron chi connectivity index (χ4n) is 3.43. The van der Waals surface area contributed by atoms with Gasteiger partial charge in [-0.1, -0.05) is 41.4 Å². The normalized spacial score (nSPS) is 15.5. The molecule has 0 aromatic heterocycles. The number of hydrogen-bond acceptors (Lipinski definition) is 4. The number of halogens is 2. The van der Waals surface area contributed by atoms with Gasteiger partial charge in [-0.05, 0) is 55.7 Å². The minimum Gasteiger partial charge on any atom is -0.449 e. The first-order valence-corrected chi connectivity index (χ1v) is 10.8. The zero-order valence-electron chi connectivity index (χ0n) is 17.4. The number of carbonyl (C=O) groups is 3. The third-order valence-electron chi connectivity index (χ3n) is 5.15. The number of nitrogens with one attached hydrogen (secondary N) is 1. The van der Waals surface area contributed by atoms with Gasteiger partial charge in [0.1, 0.15) is 0 Å². The van der Waals surface area contributed by atoms with Gasteiger partial charge in [-0.2, -0.15) is 0 Å². The van der Waals surface area contributed by atoms with Crippen LogP contribution in [-0.2, 0) is 20.9 Å². The first-order valence-electron chi connectivity index (χ1n) is 10.1. The zero-order chi connectivity index (χ0) is 22.5. The van der Waals surface area contributed by atoms with E-state index in [9.17, 15) is 14.4 Å². The Balaban J connectivity index is 1.58. The Bertz CT molecular complexity index is 995. The fraction of sp³-hybridized carbons (Fsp3) is 0.348. The van der Waals surface area contributed by atoms with Crippen molar-refractivity contribution in [3.63, 3.8) is 0 Å². The van der Waals surface area contributed by atoms with Gasteiger partial charge in [0.15, 0.2) is 6.10 Å². The Kier molecular flexibility index (Phi) is 7.57. The van der Waals surface area contributed by atoms with Gasteiger partial charge >= 0.3 is 5.97 Å². The topological polar surface area (TPSA) is 75.7 Å². The van der Waals surface area contributed by atoms with Gasteiger partial charge in [-0.25, -0.2) is 4.79 Å². The number of amides is 2. The van der Waals surface area contributed by atoms with Crippen LogP contribution >= 0.6 is 23.2 Å². The molecule has 2 amide bonds. The highest BCUT2D eigenvalue weighted by Crippen LogP contribution is 2.26. The summed E-state index contributed by atoms with van der Waals surface area (Å²) in [4.78, 5) is 38.6. The summed E-state index contributed by atoms with van der Waals surface area (Å²) in [5.41, 5.74) is 1.88. The van der Waals surface area contributed by atoms with Crippen LogP contribution in [0.25, 0.3) is 0 Å². The van der Waals surface area contributed by atoms with E-state index in [1.54, 1.807) is 48.2 Å². The number of ether oxygens (including phenoxy) is 1. The maximum Gasteiger partial charge on any atom is 0.338 e. The highest BCUT2D eigenvalue weighted by atomic mass is 35.5. The Labute approximate surface area is 191 Å². The maximum atomic E-state index is 12.5. The molecule has 164 valence electrons. The summed E-state index contributed by atoms with van der Waals surface area (Å²) in [6.07, 6.45) is 0.422. The third kappa shape index (κ3) is 5.99. The largest absolute Gasteiger partial charge is 0.449 e. The van der Waals surface area contributed by atoms with Gasteiger partial charge in [0.2, 0.25) is 5.91 Å². The summed E-state index contributed by atoms with van der Waals surface area (Å²) in [5.74, 6) is -0.923. The average molecular weight is 463 g/mol. The van der Waals surface area contributed by atoms with E-state index in [4.69, 9.17) is 27.9 Å². The average Bonchev–Trinajstić information content (AvgIpc) is 3.12. The van der Waals surface area contributed by atoms with Crippen LogP contribution in [0, 0.1) is 0 Å². The summed E-state index contributed by atoms with van der Waals surface area (Å²) in [5, 5.41) is 3.74. The minimum atomic E-state index is -0.996. The van der Waals surface area contributed by atoms with E-state index in [0.29, 0.717) is 34.1 Å². The molecule has 1 N–H and O–H groups in total. The molecule has 2 aromatic carbocycles. The number of rotatable bonds is 7. The first-order chi connectivity index (χ1) is 14.7. The fourth-order valence-corrected chi connectivity index (χ4v) is 4.00. The van der Waals surface area contributed by atoms with Crippen molar-refractivity contribution in [1.29, 1.82) is 0 Å². The van der Waals surface area contributed by atoms with E-state index in [1.807, 2.05) is 6.07 Å². The van der Waals surface area contributed by atoms with Gasteiger partial charge in [0.05, 0.1) is 11.6 Å². The van der Waals surface area contributed by atoms with Gasteiger partial charge in [-0.15, -0.1) is 0 Å². The van der Waals surface area contributed by atoms with Crippen molar-refractivity contribution >= 4 is 41.0 Å². The molecule has 2 unspecified atom stereocenters. The van der Waals surface area contributed by atoms with E-state index in [0.717, 1.165) is 18.5 Å². The molecule has 0 aliphatic carbocycles. The zero-order valence-corrected chi connectivity index (χ0v) is 18.9. The lowest BCUT2D eigenvalue weighted by molar-refractivity contribution is -0.130. The maximum absolute atomic E-state index is 12.5. The summed E-state index contributed by atoms with van der Waals surface area (Å²) in [6.45, 7) is 4.47. The monoisotopic (exact) mass is 462 g/mol. The number of hydrogen-bond donors (Lipinski definition) is 1. The third-order valence-corrected chi connectivity index (χ3v) is 5.71. The van der Waals surface area contributed by atoms with Crippen LogP contribution in [0.5, 0.6) is 0 Å². The molecule has 0 saturated carbocycles. The molecule has 2 atom stereocenters. The number of nitrogens with zero attached hydrogens (tertiary/aromatic N) is 1. The molecule has 31 heavy (non-hydrogen) atoms. The number of carbonyl (C=O) groups excluding carboxylic acids is 3. The van der Waals surface area contributed by atoms with Crippen molar-refractivity contribution < 1.29 is 19.1 Å². The number of benzene rings is 2. The van der Waals surface area contributed by atoms with Crippen molar-refractivity contribution in [3.8, 4) is 0 Å². The SMILES string of the molecule is CC(OC(=O)c1cccc(CN2CCCC2=O)c1)C(=O)NC(C)c1ccc(Cl)cc1Cl. The summed E-state index contributed by atoms with van der Waals surface area (Å²) in [7, 11) is 0. The van der Waals surface area contributed by atoms with Crippen LogP contribution in [0.1, 0.15) is 54.2 Å². The molecule has 0 spiro atoms. The summed E-state index contributed by atoms with van der Waals surface area (Å²) >= 11 is 12.1. The van der Waals surface area contributed by atoms with Crippen molar-refractivity contribution in [3.05, 3.63) is 69.2 Å². The van der Waals surface area contributed by atoms with Gasteiger partial charge in [0, 0.05) is 29.6 Å². The molecule has 3 rings (SSSR count). The molecule has 1 heterocycles. The second kappa shape index (κ2) is 10.2. The Morgan fingerprint density at radius 2 is 1.94 bits per heavy atom. The second-order valence-corrected chi connectivity index (χ2v) is 8.41. The standard InChI is InChI=1S/C23H24Cl2N2O4/c1-14(19-9-8-18(24)12-20(19)25)26-22(29)15(2)31-23(30)17-6-3-5-16(11-17)13-27-10-4-7-21(27)28/h3,5-6,8-9,11-12,14-15H,4,7,10,13H2,1-2H3,(H,26,29). The van der Waals surface area contributed by atoms with Crippen molar-refractivity contribution in [1.82, 2.24) is 10.2 Å². The van der Waals surface area contributed by atoms with Crippen LogP contribution in [0.4, 0.5) is 0 Å². The molecule has 1 saturated heterocycles. The smallest absolute Gasteiger partial charge is 0.338 e. The first kappa shape index (κ1) is 23.1. The lowest BCUT2D eigenvalue weighted by Crippen LogP contribution is -2.37. The molecule has 6 nitrogen and oxygen atoms in total. The predicted molar refractivity (Wildman–Crippen MR) is 119 cm³/mol. The lowest BCUT2D eigenvalue weighted by Gasteiger charge is -2.19. The van der Waals surface area contributed by atoms with E-state index in [-0.39, 0.29) is 11.9 Å². The molecule has 1 aliphatic heterocycles. The molecular formula is C23H24Cl2N2O4. The highest BCUT2D eigenvalue weighted by molar-refractivity contribution is 6.35. The molecule has 1 aliphatic rings. The molecule has 2 aromatic rings. The van der Waals surface area contributed by atoms with Crippen LogP contribution in [0.3, 0.4) is 0 Å². The van der Waals surface area contributed by atoms with Crippen LogP contribution < -0.4 is 5.32 Å². The van der Waals surface area contributed by atoms with Crippen molar-refractivity contribution in [2.45, 2.75) is 45.4 Å². The minimum absolute atomic E-state index is 0.119. The number of esters is 1. The molecule has 8 heteroatoms. The quantitative estimate of drug-likeness (QED) is 0.612. The van der Waals surface area contributed by atoms with Crippen LogP contribution in [0.2, 0.25) is 10.0 Å². The van der Waals surface area contributed by atoms with Gasteiger partial charge in [-0.3, -0.25) is 9.59 Å². The molecule has 0 bridgehead atoms. The molecule has 1 fully saturated rings. The molecular weight excluding hydrogens is 439 g/mol. The van der Waals surface area contributed by atoms with Crippen LogP contribution in [0.15, 0.2) is 42.5 Å². The summed E-state index contributed by atoms with van der Waals surface area (Å²) in [6, 6.07) is 11.6. The van der Waals surface area contributed by atoms with E-state index in [1.165, 1.54) is 6.92 Å². The Morgan fingerprint density at radius 1 is 1.16 bits per heavy atom. The van der Waals surface area contributed by atoms with E-state index >= 15 is 0 Å². The van der Waals surface area contributed by atoms with Gasteiger partial charge in [0.25, 0.3) is 5.91 Å². The Morgan fingerprint density at radius 3 is 2.61 bits per heavy atom. The van der Waals surface area contributed by atoms with E-state index < -0.39 is 18.0 Å². The molecule has 0 radical (unpaired) electrons. The van der Waals surface area contributed by atoms with Crippen LogP contribution in [-0.4, -0.2) is 35.3 Å². The highest BCUT2D eigenvalue weighted by Gasteiger charge is 2.23. The summed E-state index contributed by atoms with van der Waals surface area (Å²) < 4.78 is 5.34.